The molecule has 0 aromatic heterocycles. The number of carbonyl (C=O) groups excluding carboxylic acids is 1. The molecule has 0 saturated heterocycles. The molecule has 0 atom stereocenters. The molecule has 0 aliphatic heterocycles. The number of esters is 1. The second-order valence-electron chi connectivity index (χ2n) is 4.93. The molecule has 0 heterocycles. The van der Waals surface area contributed by atoms with Gasteiger partial charge in [-0.05, 0) is 55.4 Å². The van der Waals surface area contributed by atoms with Gasteiger partial charge < -0.3 is 4.74 Å². The Kier molecular flexibility index (Phi) is 4.57. The molecule has 0 fully saturated rings. The summed E-state index contributed by atoms with van der Waals surface area (Å²) in [6.45, 7) is 2.17. The Bertz CT molecular complexity index is 514. The monoisotopic (exact) mass is 257 g/mol. The Labute approximate surface area is 114 Å². The van der Waals surface area contributed by atoms with Crippen LogP contribution in [0.15, 0.2) is 12.1 Å². The molecule has 1 aromatic carbocycles. The number of ether oxygens (including phenoxy) is 1. The third-order valence-corrected chi connectivity index (χ3v) is 3.58. The van der Waals surface area contributed by atoms with Gasteiger partial charge in [-0.2, -0.15) is 5.26 Å². The highest BCUT2D eigenvalue weighted by molar-refractivity contribution is 5.73. The number of nitrogens with zero attached hydrogens (tertiary/aromatic N) is 1. The number of benzene rings is 1. The van der Waals surface area contributed by atoms with Crippen LogP contribution >= 0.6 is 0 Å². The first-order valence-corrected chi connectivity index (χ1v) is 6.95. The SMILES string of the molecule is CCOC(=O)Cc1cc2c(cc1C#N)CCCCC2. The Morgan fingerprint density at radius 1 is 1.26 bits per heavy atom. The minimum atomic E-state index is -0.257. The molecule has 100 valence electrons. The second-order valence-corrected chi connectivity index (χ2v) is 4.93. The van der Waals surface area contributed by atoms with Crippen LogP contribution in [0.25, 0.3) is 0 Å². The van der Waals surface area contributed by atoms with Crippen molar-refractivity contribution in [2.24, 2.45) is 0 Å². The molecule has 0 N–H and O–H groups in total. The number of rotatable bonds is 3. The minimum absolute atomic E-state index is 0.198. The smallest absolute Gasteiger partial charge is 0.310 e. The van der Waals surface area contributed by atoms with E-state index in [-0.39, 0.29) is 12.4 Å². The zero-order valence-corrected chi connectivity index (χ0v) is 11.4. The van der Waals surface area contributed by atoms with Crippen LogP contribution in [0.1, 0.15) is 48.4 Å². The van der Waals surface area contributed by atoms with Gasteiger partial charge in [-0.1, -0.05) is 12.5 Å². The maximum Gasteiger partial charge on any atom is 0.310 e. The summed E-state index contributed by atoms with van der Waals surface area (Å²) in [6, 6.07) is 6.21. The summed E-state index contributed by atoms with van der Waals surface area (Å²) in [5.74, 6) is -0.257. The predicted molar refractivity (Wildman–Crippen MR) is 72.8 cm³/mol. The average molecular weight is 257 g/mol. The minimum Gasteiger partial charge on any atom is -0.466 e. The molecule has 3 nitrogen and oxygen atoms in total. The topological polar surface area (TPSA) is 50.1 Å². The first-order chi connectivity index (χ1) is 9.24. The van der Waals surface area contributed by atoms with Crippen molar-refractivity contribution in [3.05, 3.63) is 34.4 Å². The second kappa shape index (κ2) is 6.38. The van der Waals surface area contributed by atoms with Crippen molar-refractivity contribution in [1.29, 1.82) is 5.26 Å². The van der Waals surface area contributed by atoms with E-state index < -0.39 is 0 Å². The van der Waals surface area contributed by atoms with Gasteiger partial charge >= 0.3 is 5.97 Å². The number of carbonyl (C=O) groups is 1. The number of hydrogen-bond donors (Lipinski definition) is 0. The molecule has 0 amide bonds. The Morgan fingerprint density at radius 3 is 2.58 bits per heavy atom. The van der Waals surface area contributed by atoms with Crippen LogP contribution in [0.5, 0.6) is 0 Å². The lowest BCUT2D eigenvalue weighted by atomic mass is 9.94. The summed E-state index contributed by atoms with van der Waals surface area (Å²) in [4.78, 5) is 11.6. The molecule has 3 heteroatoms. The zero-order valence-electron chi connectivity index (χ0n) is 11.4. The fourth-order valence-electron chi connectivity index (χ4n) is 2.63. The van der Waals surface area contributed by atoms with E-state index in [9.17, 15) is 10.1 Å². The van der Waals surface area contributed by atoms with Crippen LogP contribution in [-0.2, 0) is 28.8 Å². The largest absolute Gasteiger partial charge is 0.466 e. The van der Waals surface area contributed by atoms with Gasteiger partial charge in [-0.25, -0.2) is 0 Å². The first kappa shape index (κ1) is 13.6. The molecule has 0 radical (unpaired) electrons. The van der Waals surface area contributed by atoms with E-state index in [0.29, 0.717) is 12.2 Å². The molecule has 1 aromatic rings. The Morgan fingerprint density at radius 2 is 1.95 bits per heavy atom. The van der Waals surface area contributed by atoms with Crippen molar-refractivity contribution >= 4 is 5.97 Å². The molecule has 0 saturated carbocycles. The summed E-state index contributed by atoms with van der Waals surface area (Å²) in [7, 11) is 0. The van der Waals surface area contributed by atoms with Gasteiger partial charge in [-0.15, -0.1) is 0 Å². The van der Waals surface area contributed by atoms with Gasteiger partial charge in [0, 0.05) is 0 Å². The van der Waals surface area contributed by atoms with Crippen LogP contribution in [0.2, 0.25) is 0 Å². The van der Waals surface area contributed by atoms with E-state index in [4.69, 9.17) is 4.74 Å². The molecular weight excluding hydrogens is 238 g/mol. The van der Waals surface area contributed by atoms with E-state index in [0.717, 1.165) is 18.4 Å². The van der Waals surface area contributed by atoms with Gasteiger partial charge in [0.05, 0.1) is 24.7 Å². The molecule has 0 spiro atoms. The summed E-state index contributed by atoms with van der Waals surface area (Å²) in [5.41, 5.74) is 4.01. The van der Waals surface area contributed by atoms with Crippen molar-refractivity contribution in [3.63, 3.8) is 0 Å². The van der Waals surface area contributed by atoms with Crippen molar-refractivity contribution in [3.8, 4) is 6.07 Å². The molecule has 19 heavy (non-hydrogen) atoms. The van der Waals surface area contributed by atoms with Gasteiger partial charge in [0.1, 0.15) is 0 Å². The van der Waals surface area contributed by atoms with Crippen LogP contribution in [0.4, 0.5) is 0 Å². The third-order valence-electron chi connectivity index (χ3n) is 3.58. The highest BCUT2D eigenvalue weighted by Crippen LogP contribution is 2.24. The predicted octanol–water partition coefficient (Wildman–Crippen LogP) is 2.93. The maximum absolute atomic E-state index is 11.6. The number of hydrogen-bond acceptors (Lipinski definition) is 3. The summed E-state index contributed by atoms with van der Waals surface area (Å²) in [6.07, 6.45) is 5.92. The van der Waals surface area contributed by atoms with Crippen molar-refractivity contribution in [2.75, 3.05) is 6.61 Å². The number of nitriles is 1. The average Bonchev–Trinajstić information content (AvgIpc) is 2.62. The van der Waals surface area contributed by atoms with E-state index in [2.05, 4.69) is 6.07 Å². The highest BCUT2D eigenvalue weighted by Gasteiger charge is 2.15. The quantitative estimate of drug-likeness (QED) is 0.618. The van der Waals surface area contributed by atoms with Crippen LogP contribution < -0.4 is 0 Å². The molecule has 0 bridgehead atoms. The van der Waals surface area contributed by atoms with Crippen molar-refractivity contribution in [1.82, 2.24) is 0 Å². The van der Waals surface area contributed by atoms with E-state index in [1.807, 2.05) is 12.1 Å². The summed E-state index contributed by atoms with van der Waals surface area (Å²) >= 11 is 0. The Hall–Kier alpha value is -1.82. The molecular formula is C16H19NO2. The van der Waals surface area contributed by atoms with E-state index in [1.165, 1.54) is 30.4 Å². The van der Waals surface area contributed by atoms with Gasteiger partial charge in [0.15, 0.2) is 0 Å². The van der Waals surface area contributed by atoms with Crippen molar-refractivity contribution in [2.45, 2.75) is 45.4 Å². The van der Waals surface area contributed by atoms with Gasteiger partial charge in [0.25, 0.3) is 0 Å². The lowest BCUT2D eigenvalue weighted by Gasteiger charge is -2.11. The number of fused-ring (bicyclic) bond motifs is 1. The van der Waals surface area contributed by atoms with E-state index >= 15 is 0 Å². The zero-order chi connectivity index (χ0) is 13.7. The fourth-order valence-corrected chi connectivity index (χ4v) is 2.63. The maximum atomic E-state index is 11.6. The summed E-state index contributed by atoms with van der Waals surface area (Å²) in [5, 5.41) is 9.23. The standard InChI is InChI=1S/C16H19NO2/c1-2-19-16(18)10-14-8-12-6-4-3-5-7-13(12)9-15(14)11-17/h8-9H,2-7,10H2,1H3. The number of aryl methyl sites for hydroxylation is 2. The summed E-state index contributed by atoms with van der Waals surface area (Å²) < 4.78 is 4.97. The van der Waals surface area contributed by atoms with Crippen LogP contribution in [0.3, 0.4) is 0 Å². The first-order valence-electron chi connectivity index (χ1n) is 6.95. The molecule has 2 rings (SSSR count). The molecule has 1 aliphatic rings. The normalized spacial score (nSPS) is 14.1. The fraction of sp³-hybridized carbons (Fsp3) is 0.500. The molecule has 0 unspecified atom stereocenters. The Balaban J connectivity index is 2.30. The van der Waals surface area contributed by atoms with Crippen LogP contribution in [0, 0.1) is 11.3 Å². The van der Waals surface area contributed by atoms with Gasteiger partial charge in [-0.3, -0.25) is 4.79 Å². The van der Waals surface area contributed by atoms with Crippen molar-refractivity contribution < 1.29 is 9.53 Å². The van der Waals surface area contributed by atoms with Crippen LogP contribution in [-0.4, -0.2) is 12.6 Å². The lowest BCUT2D eigenvalue weighted by Crippen LogP contribution is -2.09. The van der Waals surface area contributed by atoms with E-state index in [1.54, 1.807) is 6.92 Å². The third kappa shape index (κ3) is 3.35. The molecule has 1 aliphatic carbocycles. The lowest BCUT2D eigenvalue weighted by molar-refractivity contribution is -0.142. The highest BCUT2D eigenvalue weighted by atomic mass is 16.5. The van der Waals surface area contributed by atoms with Gasteiger partial charge in [0.2, 0.25) is 0 Å².